The van der Waals surface area contributed by atoms with Crippen molar-refractivity contribution in [3.63, 3.8) is 0 Å². The maximum Gasteiger partial charge on any atom is 0.227 e. The first-order valence-corrected chi connectivity index (χ1v) is 8.96. The first-order valence-electron chi connectivity index (χ1n) is 8.14. The summed E-state index contributed by atoms with van der Waals surface area (Å²) in [5.74, 6) is 0.236. The Morgan fingerprint density at radius 2 is 2.00 bits per heavy atom. The number of phenolic OH excluding ortho intramolecular Hbond substituents is 1. The monoisotopic (exact) mass is 338 g/mol. The zero-order valence-electron chi connectivity index (χ0n) is 13.2. The molecule has 1 amide bonds. The number of thiazole rings is 1. The number of hydrogen-bond donors (Lipinski definition) is 1. The average Bonchev–Trinajstić information content (AvgIpc) is 3.23. The van der Waals surface area contributed by atoms with Crippen molar-refractivity contribution in [2.24, 2.45) is 0 Å². The molecule has 24 heavy (non-hydrogen) atoms. The third kappa shape index (κ3) is 2.76. The van der Waals surface area contributed by atoms with E-state index in [2.05, 4.69) is 6.07 Å². The fourth-order valence-electron chi connectivity index (χ4n) is 3.28. The van der Waals surface area contributed by atoms with Gasteiger partial charge >= 0.3 is 0 Å². The van der Waals surface area contributed by atoms with E-state index in [-0.39, 0.29) is 24.1 Å². The van der Waals surface area contributed by atoms with Gasteiger partial charge < -0.3 is 10.0 Å². The molecule has 1 aromatic heterocycles. The van der Waals surface area contributed by atoms with E-state index >= 15 is 0 Å². The fraction of sp³-hybridized carbons (Fsp3) is 0.263. The van der Waals surface area contributed by atoms with Gasteiger partial charge in [-0.05, 0) is 31.0 Å². The summed E-state index contributed by atoms with van der Waals surface area (Å²) in [6, 6.07) is 15.2. The van der Waals surface area contributed by atoms with Crippen molar-refractivity contribution in [1.82, 2.24) is 9.88 Å². The molecule has 0 radical (unpaired) electrons. The summed E-state index contributed by atoms with van der Waals surface area (Å²) in [6.45, 7) is 0.757. The van der Waals surface area contributed by atoms with Gasteiger partial charge in [-0.1, -0.05) is 30.3 Å². The molecule has 0 saturated carbocycles. The van der Waals surface area contributed by atoms with Crippen LogP contribution in [-0.4, -0.2) is 27.4 Å². The van der Waals surface area contributed by atoms with Crippen molar-refractivity contribution in [1.29, 1.82) is 0 Å². The third-order valence-corrected chi connectivity index (χ3v) is 5.64. The Kier molecular flexibility index (Phi) is 3.94. The Morgan fingerprint density at radius 3 is 2.83 bits per heavy atom. The number of hydrogen-bond acceptors (Lipinski definition) is 4. The van der Waals surface area contributed by atoms with Crippen LogP contribution in [0.15, 0.2) is 48.5 Å². The summed E-state index contributed by atoms with van der Waals surface area (Å²) in [7, 11) is 0. The number of para-hydroxylation sites is 2. The van der Waals surface area contributed by atoms with Gasteiger partial charge in [0.25, 0.3) is 0 Å². The Morgan fingerprint density at radius 1 is 1.21 bits per heavy atom. The summed E-state index contributed by atoms with van der Waals surface area (Å²) in [6.07, 6.45) is 2.17. The highest BCUT2D eigenvalue weighted by Crippen LogP contribution is 2.36. The number of fused-ring (bicyclic) bond motifs is 1. The molecule has 1 saturated heterocycles. The lowest BCUT2D eigenvalue weighted by Crippen LogP contribution is -2.31. The molecular weight excluding hydrogens is 320 g/mol. The smallest absolute Gasteiger partial charge is 0.227 e. The van der Waals surface area contributed by atoms with Gasteiger partial charge in [0.1, 0.15) is 10.8 Å². The van der Waals surface area contributed by atoms with Gasteiger partial charge in [0.15, 0.2) is 0 Å². The van der Waals surface area contributed by atoms with Gasteiger partial charge in [0.05, 0.1) is 22.7 Å². The van der Waals surface area contributed by atoms with Gasteiger partial charge in [-0.15, -0.1) is 11.3 Å². The molecule has 1 aliphatic rings. The average molecular weight is 338 g/mol. The largest absolute Gasteiger partial charge is 0.508 e. The molecule has 1 fully saturated rings. The molecule has 1 atom stereocenters. The van der Waals surface area contributed by atoms with Gasteiger partial charge in [-0.3, -0.25) is 4.79 Å². The molecule has 0 aliphatic carbocycles. The van der Waals surface area contributed by atoms with Crippen LogP contribution in [0.4, 0.5) is 0 Å². The molecule has 122 valence electrons. The molecule has 2 heterocycles. The second-order valence-electron chi connectivity index (χ2n) is 6.07. The molecule has 0 unspecified atom stereocenters. The minimum absolute atomic E-state index is 0.0539. The number of benzene rings is 2. The molecule has 0 bridgehead atoms. The van der Waals surface area contributed by atoms with E-state index in [1.54, 1.807) is 29.5 Å². The highest BCUT2D eigenvalue weighted by Gasteiger charge is 2.32. The molecule has 0 spiro atoms. The molecule has 4 rings (SSSR count). The van der Waals surface area contributed by atoms with Crippen LogP contribution in [0.25, 0.3) is 10.2 Å². The highest BCUT2D eigenvalue weighted by molar-refractivity contribution is 7.18. The number of likely N-dealkylation sites (tertiary alicyclic amines) is 1. The lowest BCUT2D eigenvalue weighted by Gasteiger charge is -2.23. The number of carbonyl (C=O) groups is 1. The first kappa shape index (κ1) is 15.1. The lowest BCUT2D eigenvalue weighted by atomic mass is 10.1. The SMILES string of the molecule is O=C(Cc1ccccc1O)N1CCC[C@@H]1c1nc2ccccc2s1. The van der Waals surface area contributed by atoms with Crippen molar-refractivity contribution in [3.8, 4) is 5.75 Å². The lowest BCUT2D eigenvalue weighted by molar-refractivity contribution is -0.131. The topological polar surface area (TPSA) is 53.4 Å². The predicted molar refractivity (Wildman–Crippen MR) is 95.1 cm³/mol. The normalized spacial score (nSPS) is 17.5. The van der Waals surface area contributed by atoms with Gasteiger partial charge in [0, 0.05) is 12.1 Å². The van der Waals surface area contributed by atoms with Crippen molar-refractivity contribution >= 4 is 27.5 Å². The Balaban J connectivity index is 1.58. The fourth-order valence-corrected chi connectivity index (χ4v) is 4.39. The van der Waals surface area contributed by atoms with E-state index in [0.29, 0.717) is 5.56 Å². The van der Waals surface area contributed by atoms with E-state index in [1.165, 1.54) is 0 Å². The van der Waals surface area contributed by atoms with Crippen LogP contribution in [0.1, 0.15) is 29.5 Å². The van der Waals surface area contributed by atoms with Crippen molar-refractivity contribution < 1.29 is 9.90 Å². The zero-order chi connectivity index (χ0) is 16.5. The summed E-state index contributed by atoms with van der Waals surface area (Å²) >= 11 is 1.67. The molecule has 1 aliphatic heterocycles. The molecular formula is C19H18N2O2S. The first-order chi connectivity index (χ1) is 11.7. The van der Waals surface area contributed by atoms with Crippen LogP contribution in [-0.2, 0) is 11.2 Å². The van der Waals surface area contributed by atoms with Crippen molar-refractivity contribution in [2.75, 3.05) is 6.54 Å². The van der Waals surface area contributed by atoms with Gasteiger partial charge in [-0.25, -0.2) is 4.98 Å². The number of carbonyl (C=O) groups excluding carboxylic acids is 1. The predicted octanol–water partition coefficient (Wildman–Crippen LogP) is 3.91. The number of amides is 1. The summed E-state index contributed by atoms with van der Waals surface area (Å²) < 4.78 is 1.16. The molecule has 3 aromatic rings. The van der Waals surface area contributed by atoms with E-state index < -0.39 is 0 Å². The zero-order valence-corrected chi connectivity index (χ0v) is 14.0. The van der Waals surface area contributed by atoms with Crippen LogP contribution in [0.2, 0.25) is 0 Å². The third-order valence-electron chi connectivity index (χ3n) is 4.50. The Hall–Kier alpha value is -2.40. The minimum Gasteiger partial charge on any atom is -0.508 e. The van der Waals surface area contributed by atoms with E-state index in [0.717, 1.165) is 34.6 Å². The summed E-state index contributed by atoms with van der Waals surface area (Å²) in [4.78, 5) is 19.4. The number of phenols is 1. The second-order valence-corrected chi connectivity index (χ2v) is 7.13. The van der Waals surface area contributed by atoms with E-state index in [1.807, 2.05) is 29.2 Å². The van der Waals surface area contributed by atoms with Crippen LogP contribution < -0.4 is 0 Å². The van der Waals surface area contributed by atoms with Gasteiger partial charge in [-0.2, -0.15) is 0 Å². The summed E-state index contributed by atoms with van der Waals surface area (Å²) in [5, 5.41) is 10.9. The number of nitrogens with zero attached hydrogens (tertiary/aromatic N) is 2. The van der Waals surface area contributed by atoms with Crippen LogP contribution in [0.5, 0.6) is 5.75 Å². The van der Waals surface area contributed by atoms with E-state index in [4.69, 9.17) is 4.98 Å². The van der Waals surface area contributed by atoms with Crippen molar-refractivity contribution in [2.45, 2.75) is 25.3 Å². The molecule has 4 nitrogen and oxygen atoms in total. The maximum absolute atomic E-state index is 12.8. The Labute approximate surface area is 144 Å². The number of aromatic nitrogens is 1. The highest BCUT2D eigenvalue weighted by atomic mass is 32.1. The maximum atomic E-state index is 12.8. The van der Waals surface area contributed by atoms with Crippen molar-refractivity contribution in [3.05, 3.63) is 59.1 Å². The number of aromatic hydroxyl groups is 1. The molecule has 1 N–H and O–H groups in total. The van der Waals surface area contributed by atoms with Crippen LogP contribution in [0, 0.1) is 0 Å². The quantitative estimate of drug-likeness (QED) is 0.788. The van der Waals surface area contributed by atoms with E-state index in [9.17, 15) is 9.90 Å². The Bertz CT molecular complexity index is 857. The second kappa shape index (κ2) is 6.24. The summed E-state index contributed by atoms with van der Waals surface area (Å²) in [5.41, 5.74) is 1.68. The number of rotatable bonds is 3. The molecule has 5 heteroatoms. The standard InChI is InChI=1S/C19H18N2O2S/c22-16-9-3-1-6-13(16)12-18(23)21-11-5-8-15(21)19-20-14-7-2-4-10-17(14)24-19/h1-4,6-7,9-10,15,22H,5,8,11-12H2/t15-/m1/s1. The van der Waals surface area contributed by atoms with Crippen LogP contribution in [0.3, 0.4) is 0 Å². The minimum atomic E-state index is 0.0539. The molecule has 2 aromatic carbocycles. The van der Waals surface area contributed by atoms with Gasteiger partial charge in [0.2, 0.25) is 5.91 Å². The van der Waals surface area contributed by atoms with Crippen LogP contribution >= 0.6 is 11.3 Å².